The minimum Gasteiger partial charge on any atom is -0.493 e. The Balaban J connectivity index is 2.34. The van der Waals surface area contributed by atoms with Gasteiger partial charge in [0.05, 0.1) is 13.7 Å². The van der Waals surface area contributed by atoms with Crippen LogP contribution in [0.5, 0.6) is 11.5 Å². The van der Waals surface area contributed by atoms with Gasteiger partial charge in [-0.25, -0.2) is 0 Å². The lowest BCUT2D eigenvalue weighted by molar-refractivity contribution is 0.294. The van der Waals surface area contributed by atoms with Crippen LogP contribution >= 0.6 is 12.2 Å². The molecule has 0 aliphatic carbocycles. The fourth-order valence-electron chi connectivity index (χ4n) is 2.57. The maximum Gasteiger partial charge on any atom is 0.255 e. The summed E-state index contributed by atoms with van der Waals surface area (Å²) >= 11 is 5.07. The van der Waals surface area contributed by atoms with Crippen molar-refractivity contribution >= 4 is 12.2 Å². The molecule has 1 heterocycles. The van der Waals surface area contributed by atoms with Crippen molar-refractivity contribution in [3.05, 3.63) is 50.1 Å². The molecule has 0 aliphatic heterocycles. The van der Waals surface area contributed by atoms with E-state index in [2.05, 4.69) is 23.8 Å². The molecule has 0 atom stereocenters. The van der Waals surface area contributed by atoms with E-state index in [1.165, 1.54) is 0 Å². The second-order valence-electron chi connectivity index (χ2n) is 5.63. The average molecular weight is 348 g/mol. The molecule has 0 unspecified atom stereocenters. The molecular formula is C18H24N2O3S. The van der Waals surface area contributed by atoms with E-state index < -0.39 is 0 Å². The molecule has 0 saturated carbocycles. The molecule has 0 aliphatic rings. The highest BCUT2D eigenvalue weighted by Gasteiger charge is 2.11. The number of nitrogens with one attached hydrogen (secondary N) is 2. The molecular weight excluding hydrogens is 324 g/mol. The SMILES string of the molecule is CCCOc1ccc(Cc2c(CCC)[nH]c(=S)[nH]c2=O)cc1OC. The molecule has 2 aromatic rings. The summed E-state index contributed by atoms with van der Waals surface area (Å²) in [6, 6.07) is 5.77. The molecule has 1 aromatic heterocycles. The van der Waals surface area contributed by atoms with Crippen LogP contribution in [0.25, 0.3) is 0 Å². The first-order valence-electron chi connectivity index (χ1n) is 8.23. The van der Waals surface area contributed by atoms with Crippen molar-refractivity contribution in [2.45, 2.75) is 39.5 Å². The summed E-state index contributed by atoms with van der Waals surface area (Å²) in [7, 11) is 1.62. The van der Waals surface area contributed by atoms with Gasteiger partial charge in [0, 0.05) is 17.7 Å². The maximum absolute atomic E-state index is 12.3. The Labute approximate surface area is 147 Å². The number of aryl methyl sites for hydroxylation is 1. The Morgan fingerprint density at radius 3 is 2.58 bits per heavy atom. The molecule has 2 N–H and O–H groups in total. The predicted molar refractivity (Wildman–Crippen MR) is 97.8 cm³/mol. The number of rotatable bonds is 8. The van der Waals surface area contributed by atoms with Crippen LogP contribution in [0.3, 0.4) is 0 Å². The largest absolute Gasteiger partial charge is 0.493 e. The van der Waals surface area contributed by atoms with E-state index >= 15 is 0 Å². The summed E-state index contributed by atoms with van der Waals surface area (Å²) in [5.74, 6) is 1.40. The van der Waals surface area contributed by atoms with Gasteiger partial charge >= 0.3 is 0 Å². The lowest BCUT2D eigenvalue weighted by Crippen LogP contribution is -2.18. The smallest absolute Gasteiger partial charge is 0.255 e. The Bertz CT molecular complexity index is 796. The van der Waals surface area contributed by atoms with E-state index in [0.717, 1.165) is 41.8 Å². The van der Waals surface area contributed by atoms with E-state index in [-0.39, 0.29) is 5.56 Å². The highest BCUT2D eigenvalue weighted by Crippen LogP contribution is 2.29. The standard InChI is InChI=1S/C18H24N2O3S/c1-4-6-14-13(17(21)20-18(24)19-14)10-12-7-8-15(23-9-5-2)16(11-12)22-3/h7-8,11H,4-6,9-10H2,1-3H3,(H2,19,20,21,24). The van der Waals surface area contributed by atoms with Gasteiger partial charge in [0.1, 0.15) is 0 Å². The number of methoxy groups -OCH3 is 1. The quantitative estimate of drug-likeness (QED) is 0.713. The molecule has 24 heavy (non-hydrogen) atoms. The fraction of sp³-hybridized carbons (Fsp3) is 0.444. The van der Waals surface area contributed by atoms with Gasteiger partial charge in [0.25, 0.3) is 5.56 Å². The van der Waals surface area contributed by atoms with Gasteiger partial charge in [0.2, 0.25) is 0 Å². The van der Waals surface area contributed by atoms with E-state index in [9.17, 15) is 4.79 Å². The molecule has 0 amide bonds. The summed E-state index contributed by atoms with van der Waals surface area (Å²) in [5.41, 5.74) is 2.47. The van der Waals surface area contributed by atoms with Crippen molar-refractivity contribution < 1.29 is 9.47 Å². The number of benzene rings is 1. The van der Waals surface area contributed by atoms with Crippen molar-refractivity contribution in [2.75, 3.05) is 13.7 Å². The Morgan fingerprint density at radius 2 is 1.92 bits per heavy atom. The highest BCUT2D eigenvalue weighted by molar-refractivity contribution is 7.71. The van der Waals surface area contributed by atoms with E-state index in [1.807, 2.05) is 18.2 Å². The zero-order valence-corrected chi connectivity index (χ0v) is 15.2. The number of hydrogen-bond donors (Lipinski definition) is 2. The summed E-state index contributed by atoms with van der Waals surface area (Å²) in [6.07, 6.45) is 3.18. The van der Waals surface area contributed by atoms with Crippen LogP contribution in [0.2, 0.25) is 0 Å². The first-order chi connectivity index (χ1) is 11.6. The van der Waals surface area contributed by atoms with Crippen LogP contribution in [0.1, 0.15) is 43.5 Å². The molecule has 0 saturated heterocycles. The van der Waals surface area contributed by atoms with Gasteiger partial charge in [0.15, 0.2) is 16.3 Å². The van der Waals surface area contributed by atoms with Crippen LogP contribution in [-0.2, 0) is 12.8 Å². The van der Waals surface area contributed by atoms with Gasteiger partial charge in [-0.2, -0.15) is 0 Å². The van der Waals surface area contributed by atoms with Crippen LogP contribution < -0.4 is 15.0 Å². The third-order valence-electron chi connectivity index (χ3n) is 3.70. The zero-order valence-electron chi connectivity index (χ0n) is 14.4. The minimum atomic E-state index is -0.132. The van der Waals surface area contributed by atoms with Crippen LogP contribution in [0, 0.1) is 4.77 Å². The number of hydrogen-bond acceptors (Lipinski definition) is 4. The van der Waals surface area contributed by atoms with Crippen LogP contribution in [0.4, 0.5) is 0 Å². The van der Waals surface area contributed by atoms with Crippen LogP contribution in [-0.4, -0.2) is 23.7 Å². The first-order valence-corrected chi connectivity index (χ1v) is 8.63. The molecule has 5 nitrogen and oxygen atoms in total. The van der Waals surface area contributed by atoms with E-state index in [4.69, 9.17) is 21.7 Å². The molecule has 0 radical (unpaired) electrons. The number of ether oxygens (including phenoxy) is 2. The second-order valence-corrected chi connectivity index (χ2v) is 6.03. The van der Waals surface area contributed by atoms with Gasteiger partial charge < -0.3 is 14.5 Å². The average Bonchev–Trinajstić information content (AvgIpc) is 2.56. The van der Waals surface area contributed by atoms with Gasteiger partial charge in [-0.15, -0.1) is 0 Å². The minimum absolute atomic E-state index is 0.132. The van der Waals surface area contributed by atoms with Gasteiger partial charge in [-0.1, -0.05) is 26.3 Å². The normalized spacial score (nSPS) is 10.6. The molecule has 1 aromatic carbocycles. The van der Waals surface area contributed by atoms with Crippen molar-refractivity contribution in [3.63, 3.8) is 0 Å². The van der Waals surface area contributed by atoms with Gasteiger partial charge in [-0.05, 0) is 42.8 Å². The van der Waals surface area contributed by atoms with Crippen molar-refractivity contribution in [1.29, 1.82) is 0 Å². The Kier molecular flexibility index (Phi) is 6.61. The van der Waals surface area contributed by atoms with Crippen molar-refractivity contribution in [2.24, 2.45) is 0 Å². The zero-order chi connectivity index (χ0) is 17.5. The first kappa shape index (κ1) is 18.3. The summed E-state index contributed by atoms with van der Waals surface area (Å²) in [5, 5.41) is 0. The van der Waals surface area contributed by atoms with E-state index in [1.54, 1.807) is 7.11 Å². The molecule has 0 spiro atoms. The third kappa shape index (κ3) is 4.47. The molecule has 6 heteroatoms. The summed E-state index contributed by atoms with van der Waals surface area (Å²) < 4.78 is 11.5. The van der Waals surface area contributed by atoms with Crippen molar-refractivity contribution in [1.82, 2.24) is 9.97 Å². The number of aromatic amines is 2. The number of aromatic nitrogens is 2. The van der Waals surface area contributed by atoms with Crippen molar-refractivity contribution in [3.8, 4) is 11.5 Å². The molecule has 0 fully saturated rings. The topological polar surface area (TPSA) is 67.1 Å². The fourth-order valence-corrected chi connectivity index (χ4v) is 2.78. The molecule has 2 rings (SSSR count). The lowest BCUT2D eigenvalue weighted by Gasteiger charge is -2.13. The van der Waals surface area contributed by atoms with Crippen LogP contribution in [0.15, 0.2) is 23.0 Å². The Morgan fingerprint density at radius 1 is 1.12 bits per heavy atom. The second kappa shape index (κ2) is 8.68. The number of H-pyrrole nitrogens is 2. The monoisotopic (exact) mass is 348 g/mol. The predicted octanol–water partition coefficient (Wildman–Crippen LogP) is 3.77. The lowest BCUT2D eigenvalue weighted by atomic mass is 10.0. The summed E-state index contributed by atoms with van der Waals surface area (Å²) in [4.78, 5) is 18.1. The Hall–Kier alpha value is -2.08. The molecule has 130 valence electrons. The third-order valence-corrected chi connectivity index (χ3v) is 3.90. The van der Waals surface area contributed by atoms with Gasteiger partial charge in [-0.3, -0.25) is 9.78 Å². The maximum atomic E-state index is 12.3. The summed E-state index contributed by atoms with van der Waals surface area (Å²) in [6.45, 7) is 4.78. The molecule has 0 bridgehead atoms. The van der Waals surface area contributed by atoms with E-state index in [0.29, 0.717) is 23.5 Å². The highest BCUT2D eigenvalue weighted by atomic mass is 32.1.